The lowest BCUT2D eigenvalue weighted by Gasteiger charge is -2.06. The third-order valence-electron chi connectivity index (χ3n) is 1.80. The molecule has 0 heterocycles. The largest absolute Gasteiger partial charge is 0.480 e. The van der Waals surface area contributed by atoms with Crippen LogP contribution >= 0.6 is 0 Å². The standard InChI is InChI=1S/C9H11NO4/c10-8(9(11)12)5-6-1-3-7(14-13)4-2-6/h1-4,8,13H,5,10H2,(H,11,12). The molecule has 1 unspecified atom stereocenters. The van der Waals surface area contributed by atoms with E-state index >= 15 is 0 Å². The Balaban J connectivity index is 2.64. The number of carbonyl (C=O) groups is 1. The summed E-state index contributed by atoms with van der Waals surface area (Å²) in [5.74, 6) is -0.731. The van der Waals surface area contributed by atoms with Gasteiger partial charge in [0.1, 0.15) is 6.04 Å². The summed E-state index contributed by atoms with van der Waals surface area (Å²) in [7, 11) is 0. The van der Waals surface area contributed by atoms with E-state index in [2.05, 4.69) is 4.89 Å². The zero-order valence-electron chi connectivity index (χ0n) is 7.38. The number of nitrogens with two attached hydrogens (primary N) is 1. The van der Waals surface area contributed by atoms with Crippen LogP contribution in [0.25, 0.3) is 0 Å². The second-order valence-corrected chi connectivity index (χ2v) is 2.88. The Morgan fingerprint density at radius 1 is 1.43 bits per heavy atom. The van der Waals surface area contributed by atoms with Gasteiger partial charge in [0.25, 0.3) is 0 Å². The first-order chi connectivity index (χ1) is 6.63. The fourth-order valence-electron chi connectivity index (χ4n) is 1.03. The van der Waals surface area contributed by atoms with Crippen LogP contribution in [0.2, 0.25) is 0 Å². The summed E-state index contributed by atoms with van der Waals surface area (Å²) in [6, 6.07) is 5.45. The van der Waals surface area contributed by atoms with Crippen molar-refractivity contribution in [2.75, 3.05) is 0 Å². The average molecular weight is 197 g/mol. The summed E-state index contributed by atoms with van der Waals surface area (Å²) < 4.78 is 0. The second kappa shape index (κ2) is 4.59. The van der Waals surface area contributed by atoms with Gasteiger partial charge in [-0.25, -0.2) is 5.26 Å². The Morgan fingerprint density at radius 3 is 2.43 bits per heavy atom. The van der Waals surface area contributed by atoms with Crippen molar-refractivity contribution in [2.24, 2.45) is 5.73 Å². The van der Waals surface area contributed by atoms with Gasteiger partial charge in [-0.1, -0.05) is 12.1 Å². The van der Waals surface area contributed by atoms with Crippen LogP contribution in [0, 0.1) is 0 Å². The van der Waals surface area contributed by atoms with Gasteiger partial charge >= 0.3 is 5.97 Å². The van der Waals surface area contributed by atoms with E-state index in [0.29, 0.717) is 5.75 Å². The van der Waals surface area contributed by atoms with E-state index in [1.807, 2.05) is 0 Å². The monoisotopic (exact) mass is 197 g/mol. The molecule has 5 heteroatoms. The summed E-state index contributed by atoms with van der Waals surface area (Å²) >= 11 is 0. The molecule has 0 saturated heterocycles. The van der Waals surface area contributed by atoms with E-state index in [1.165, 1.54) is 12.1 Å². The molecule has 0 saturated carbocycles. The Kier molecular flexibility index (Phi) is 3.44. The van der Waals surface area contributed by atoms with Gasteiger partial charge in [-0.05, 0) is 24.1 Å². The average Bonchev–Trinajstić information content (AvgIpc) is 2.19. The van der Waals surface area contributed by atoms with Crippen molar-refractivity contribution in [1.29, 1.82) is 0 Å². The van der Waals surface area contributed by atoms with Crippen molar-refractivity contribution >= 4 is 5.97 Å². The molecular formula is C9H11NO4. The van der Waals surface area contributed by atoms with Crippen molar-refractivity contribution < 1.29 is 20.0 Å². The molecule has 0 bridgehead atoms. The molecule has 0 spiro atoms. The fraction of sp³-hybridized carbons (Fsp3) is 0.222. The third kappa shape index (κ3) is 2.72. The van der Waals surface area contributed by atoms with Crippen LogP contribution in [0.3, 0.4) is 0 Å². The number of hydrogen-bond acceptors (Lipinski definition) is 4. The van der Waals surface area contributed by atoms with Crippen LogP contribution in [0.1, 0.15) is 5.56 Å². The number of rotatable bonds is 4. The van der Waals surface area contributed by atoms with E-state index in [0.717, 1.165) is 5.56 Å². The summed E-state index contributed by atoms with van der Waals surface area (Å²) in [5.41, 5.74) is 6.12. The zero-order chi connectivity index (χ0) is 10.6. The predicted octanol–water partition coefficient (Wildman–Crippen LogP) is 0.493. The van der Waals surface area contributed by atoms with Crippen molar-refractivity contribution in [1.82, 2.24) is 0 Å². The first-order valence-corrected chi connectivity index (χ1v) is 4.02. The Labute approximate surface area is 80.7 Å². The van der Waals surface area contributed by atoms with E-state index < -0.39 is 12.0 Å². The Bertz CT molecular complexity index is 309. The molecular weight excluding hydrogens is 186 g/mol. The van der Waals surface area contributed by atoms with Gasteiger partial charge in [-0.2, -0.15) is 0 Å². The first-order valence-electron chi connectivity index (χ1n) is 4.02. The van der Waals surface area contributed by atoms with Crippen molar-refractivity contribution in [3.63, 3.8) is 0 Å². The smallest absolute Gasteiger partial charge is 0.320 e. The number of aliphatic carboxylic acids is 1. The Hall–Kier alpha value is -1.59. The highest BCUT2D eigenvalue weighted by Crippen LogP contribution is 2.12. The molecule has 0 aliphatic rings. The highest BCUT2D eigenvalue weighted by molar-refractivity contribution is 5.73. The molecule has 1 aromatic rings. The fourth-order valence-corrected chi connectivity index (χ4v) is 1.03. The van der Waals surface area contributed by atoms with Crippen LogP contribution in [0.15, 0.2) is 24.3 Å². The maximum atomic E-state index is 10.4. The van der Waals surface area contributed by atoms with E-state index in [4.69, 9.17) is 16.1 Å². The SMILES string of the molecule is NC(Cc1ccc(OO)cc1)C(=O)O. The highest BCUT2D eigenvalue weighted by Gasteiger charge is 2.11. The molecule has 0 aliphatic carbocycles. The van der Waals surface area contributed by atoms with Gasteiger partial charge in [0, 0.05) is 0 Å². The Morgan fingerprint density at radius 2 is 2.00 bits per heavy atom. The molecule has 1 rings (SSSR count). The lowest BCUT2D eigenvalue weighted by Crippen LogP contribution is -2.32. The van der Waals surface area contributed by atoms with Gasteiger partial charge in [0.05, 0.1) is 0 Å². The number of hydrogen-bond donors (Lipinski definition) is 3. The molecule has 4 N–H and O–H groups in total. The number of benzene rings is 1. The molecule has 0 aromatic heterocycles. The molecule has 5 nitrogen and oxygen atoms in total. The summed E-state index contributed by atoms with van der Waals surface area (Å²) in [4.78, 5) is 14.4. The molecule has 0 radical (unpaired) electrons. The lowest BCUT2D eigenvalue weighted by molar-refractivity contribution is -0.138. The highest BCUT2D eigenvalue weighted by atomic mass is 17.1. The minimum absolute atomic E-state index is 0.251. The van der Waals surface area contributed by atoms with E-state index in [-0.39, 0.29) is 6.42 Å². The van der Waals surface area contributed by atoms with E-state index in [9.17, 15) is 4.79 Å². The van der Waals surface area contributed by atoms with Crippen LogP contribution in [0.5, 0.6) is 5.75 Å². The molecule has 14 heavy (non-hydrogen) atoms. The number of carboxylic acids is 1. The quantitative estimate of drug-likeness (QED) is 0.482. The molecule has 76 valence electrons. The minimum Gasteiger partial charge on any atom is -0.480 e. The van der Waals surface area contributed by atoms with Crippen LogP contribution < -0.4 is 10.6 Å². The summed E-state index contributed by atoms with van der Waals surface area (Å²) in [5, 5.41) is 16.8. The minimum atomic E-state index is -1.03. The van der Waals surface area contributed by atoms with Gasteiger partial charge in [-0.3, -0.25) is 4.79 Å². The van der Waals surface area contributed by atoms with E-state index in [1.54, 1.807) is 12.1 Å². The summed E-state index contributed by atoms with van der Waals surface area (Å²) in [6.45, 7) is 0. The molecule has 0 amide bonds. The topological polar surface area (TPSA) is 92.8 Å². The molecule has 0 fully saturated rings. The van der Waals surface area contributed by atoms with Crippen molar-refractivity contribution in [3.05, 3.63) is 29.8 Å². The van der Waals surface area contributed by atoms with Crippen LogP contribution in [-0.4, -0.2) is 22.4 Å². The zero-order valence-corrected chi connectivity index (χ0v) is 7.38. The first kappa shape index (κ1) is 10.5. The van der Waals surface area contributed by atoms with Gasteiger partial charge in [0.2, 0.25) is 0 Å². The molecule has 0 aliphatic heterocycles. The second-order valence-electron chi connectivity index (χ2n) is 2.88. The van der Waals surface area contributed by atoms with Gasteiger partial charge in [0.15, 0.2) is 5.75 Å². The maximum Gasteiger partial charge on any atom is 0.320 e. The van der Waals surface area contributed by atoms with Gasteiger partial charge in [-0.15, -0.1) is 0 Å². The maximum absolute atomic E-state index is 10.4. The van der Waals surface area contributed by atoms with Gasteiger partial charge < -0.3 is 15.7 Å². The normalized spacial score (nSPS) is 12.1. The third-order valence-corrected chi connectivity index (χ3v) is 1.80. The van der Waals surface area contributed by atoms with Crippen molar-refractivity contribution in [2.45, 2.75) is 12.5 Å². The molecule has 1 atom stereocenters. The van der Waals surface area contributed by atoms with Crippen molar-refractivity contribution in [3.8, 4) is 5.75 Å². The molecule has 1 aromatic carbocycles. The lowest BCUT2D eigenvalue weighted by atomic mass is 10.1. The van der Waals surface area contributed by atoms with Crippen LogP contribution in [0.4, 0.5) is 0 Å². The van der Waals surface area contributed by atoms with Crippen LogP contribution in [-0.2, 0) is 11.2 Å². The number of carboxylic acid groups (broad SMARTS) is 1. The summed E-state index contributed by atoms with van der Waals surface area (Å²) in [6.07, 6.45) is 0.251. The predicted molar refractivity (Wildman–Crippen MR) is 49.0 cm³/mol.